The molecule has 3 rings (SSSR count). The molecule has 0 unspecified atom stereocenters. The minimum Gasteiger partial charge on any atom is -0.317 e. The average Bonchev–Trinajstić information content (AvgIpc) is 3.24. The van der Waals surface area contributed by atoms with E-state index in [1.54, 1.807) is 0 Å². The van der Waals surface area contributed by atoms with E-state index >= 15 is 0 Å². The number of benzene rings is 1. The lowest BCUT2D eigenvalue weighted by molar-refractivity contribution is -0.137. The maximum absolute atomic E-state index is 11.9. The van der Waals surface area contributed by atoms with E-state index in [-0.39, 0.29) is 0 Å². The highest BCUT2D eigenvalue weighted by molar-refractivity contribution is 7.80. The summed E-state index contributed by atoms with van der Waals surface area (Å²) in [6.45, 7) is 2.43. The number of alkyl halides is 3. The Morgan fingerprint density at radius 1 is 1.05 bits per heavy atom. The number of hydrogen-bond acceptors (Lipinski definition) is 3. The molecule has 118 valence electrons. The lowest BCUT2D eigenvalue weighted by Gasteiger charge is -2.23. The standard InChI is InChI=1S/C8H16N2.C7H5F3S/c1-2-7(1)10-8-3-5-9-6-4-8;8-7(9,10)5-2-1-3-6(11)4-5/h7-10H,1-6H2;1-4,11H. The van der Waals surface area contributed by atoms with Gasteiger partial charge in [0.25, 0.3) is 0 Å². The third-order valence-corrected chi connectivity index (χ3v) is 3.84. The Morgan fingerprint density at radius 3 is 2.14 bits per heavy atom. The number of halogens is 3. The number of thiol groups is 1. The van der Waals surface area contributed by atoms with Gasteiger partial charge in [-0.25, -0.2) is 0 Å². The number of piperidine rings is 1. The van der Waals surface area contributed by atoms with E-state index in [1.165, 1.54) is 50.9 Å². The van der Waals surface area contributed by atoms with Crippen molar-refractivity contribution in [3.05, 3.63) is 29.8 Å². The molecule has 1 aliphatic heterocycles. The van der Waals surface area contributed by atoms with Crippen LogP contribution in [0.1, 0.15) is 31.2 Å². The second-order valence-corrected chi connectivity index (χ2v) is 6.03. The molecule has 1 saturated heterocycles. The molecule has 2 nitrogen and oxygen atoms in total. The zero-order chi connectivity index (χ0) is 15.3. The van der Waals surface area contributed by atoms with E-state index in [2.05, 4.69) is 23.3 Å². The third kappa shape index (κ3) is 6.28. The summed E-state index contributed by atoms with van der Waals surface area (Å²) in [6, 6.07) is 6.55. The summed E-state index contributed by atoms with van der Waals surface area (Å²) in [6.07, 6.45) is 1.24. The normalized spacial score (nSPS) is 19.8. The number of nitrogens with one attached hydrogen (secondary N) is 2. The molecular weight excluding hydrogens is 297 g/mol. The molecule has 0 aromatic heterocycles. The largest absolute Gasteiger partial charge is 0.416 e. The maximum Gasteiger partial charge on any atom is 0.416 e. The van der Waals surface area contributed by atoms with Gasteiger partial charge in [-0.1, -0.05) is 6.07 Å². The van der Waals surface area contributed by atoms with E-state index in [1.807, 2.05) is 0 Å². The van der Waals surface area contributed by atoms with Crippen LogP contribution in [-0.4, -0.2) is 25.2 Å². The Hall–Kier alpha value is -0.720. The van der Waals surface area contributed by atoms with Gasteiger partial charge in [-0.05, 0) is 57.0 Å². The van der Waals surface area contributed by atoms with E-state index in [4.69, 9.17) is 0 Å². The van der Waals surface area contributed by atoms with Crippen LogP contribution in [0.2, 0.25) is 0 Å². The first-order valence-electron chi connectivity index (χ1n) is 7.28. The van der Waals surface area contributed by atoms with Crippen LogP contribution in [0.3, 0.4) is 0 Å². The topological polar surface area (TPSA) is 24.1 Å². The summed E-state index contributed by atoms with van der Waals surface area (Å²) < 4.78 is 35.8. The molecule has 0 radical (unpaired) electrons. The second-order valence-electron chi connectivity index (χ2n) is 5.51. The molecule has 6 heteroatoms. The minimum atomic E-state index is -4.27. The van der Waals surface area contributed by atoms with Crippen LogP contribution in [-0.2, 0) is 6.18 Å². The van der Waals surface area contributed by atoms with Gasteiger partial charge < -0.3 is 10.6 Å². The first kappa shape index (κ1) is 16.6. The molecule has 0 bridgehead atoms. The molecule has 2 fully saturated rings. The summed E-state index contributed by atoms with van der Waals surface area (Å²) in [4.78, 5) is 0.319. The van der Waals surface area contributed by atoms with Crippen LogP contribution in [0.5, 0.6) is 0 Å². The molecule has 2 N–H and O–H groups in total. The van der Waals surface area contributed by atoms with Crippen LogP contribution in [0, 0.1) is 0 Å². The number of rotatable bonds is 2. The second kappa shape index (κ2) is 7.51. The van der Waals surface area contributed by atoms with Crippen molar-refractivity contribution in [3.63, 3.8) is 0 Å². The highest BCUT2D eigenvalue weighted by atomic mass is 32.1. The zero-order valence-corrected chi connectivity index (χ0v) is 12.7. The van der Waals surface area contributed by atoms with Crippen molar-refractivity contribution < 1.29 is 13.2 Å². The Morgan fingerprint density at radius 2 is 1.67 bits per heavy atom. The van der Waals surface area contributed by atoms with Crippen molar-refractivity contribution in [1.29, 1.82) is 0 Å². The first-order chi connectivity index (χ1) is 9.95. The third-order valence-electron chi connectivity index (χ3n) is 3.56. The van der Waals surface area contributed by atoms with Gasteiger partial charge in [0.05, 0.1) is 5.56 Å². The molecule has 0 amide bonds. The lowest BCUT2D eigenvalue weighted by Crippen LogP contribution is -2.40. The molecule has 0 spiro atoms. The van der Waals surface area contributed by atoms with Crippen LogP contribution < -0.4 is 10.6 Å². The van der Waals surface area contributed by atoms with Crippen LogP contribution >= 0.6 is 12.6 Å². The van der Waals surface area contributed by atoms with Crippen molar-refractivity contribution >= 4 is 12.6 Å². The van der Waals surface area contributed by atoms with Crippen molar-refractivity contribution in [2.45, 2.75) is 48.8 Å². The van der Waals surface area contributed by atoms with E-state index in [0.29, 0.717) is 4.90 Å². The lowest BCUT2D eigenvalue weighted by atomic mass is 10.1. The van der Waals surface area contributed by atoms with Gasteiger partial charge in [-0.3, -0.25) is 0 Å². The van der Waals surface area contributed by atoms with Crippen molar-refractivity contribution in [2.75, 3.05) is 13.1 Å². The summed E-state index contributed by atoms with van der Waals surface area (Å²) in [7, 11) is 0. The predicted molar refractivity (Wildman–Crippen MR) is 80.7 cm³/mol. The Bertz CT molecular complexity index is 441. The van der Waals surface area contributed by atoms with Crippen LogP contribution in [0.25, 0.3) is 0 Å². The Kier molecular flexibility index (Phi) is 5.96. The minimum absolute atomic E-state index is 0.319. The monoisotopic (exact) mass is 318 g/mol. The molecule has 1 heterocycles. The van der Waals surface area contributed by atoms with Crippen molar-refractivity contribution in [1.82, 2.24) is 10.6 Å². The fraction of sp³-hybridized carbons (Fsp3) is 0.600. The van der Waals surface area contributed by atoms with Gasteiger partial charge in [0.15, 0.2) is 0 Å². The molecule has 1 aliphatic carbocycles. The molecule has 1 aromatic rings. The smallest absolute Gasteiger partial charge is 0.317 e. The van der Waals surface area contributed by atoms with Gasteiger partial charge in [0.1, 0.15) is 0 Å². The quantitative estimate of drug-likeness (QED) is 0.727. The van der Waals surface area contributed by atoms with Gasteiger partial charge in [0.2, 0.25) is 0 Å². The van der Waals surface area contributed by atoms with Gasteiger partial charge in [-0.15, -0.1) is 12.6 Å². The highest BCUT2D eigenvalue weighted by Crippen LogP contribution is 2.30. The zero-order valence-electron chi connectivity index (χ0n) is 11.8. The predicted octanol–water partition coefficient (Wildman–Crippen LogP) is 3.48. The Labute approximate surface area is 128 Å². The van der Waals surface area contributed by atoms with Gasteiger partial charge in [0, 0.05) is 17.0 Å². The van der Waals surface area contributed by atoms with Crippen molar-refractivity contribution in [3.8, 4) is 0 Å². The average molecular weight is 318 g/mol. The van der Waals surface area contributed by atoms with Gasteiger partial charge >= 0.3 is 6.18 Å². The van der Waals surface area contributed by atoms with Crippen LogP contribution in [0.4, 0.5) is 13.2 Å². The molecule has 0 atom stereocenters. The molecule has 1 aromatic carbocycles. The molecule has 21 heavy (non-hydrogen) atoms. The fourth-order valence-electron chi connectivity index (χ4n) is 2.25. The summed E-state index contributed by atoms with van der Waals surface area (Å²) in [5, 5.41) is 7.02. The van der Waals surface area contributed by atoms with E-state index in [0.717, 1.165) is 24.2 Å². The fourth-order valence-corrected chi connectivity index (χ4v) is 2.48. The van der Waals surface area contributed by atoms with E-state index in [9.17, 15) is 13.2 Å². The van der Waals surface area contributed by atoms with Crippen LogP contribution in [0.15, 0.2) is 29.2 Å². The maximum atomic E-state index is 11.9. The SMILES string of the molecule is C1CC(NC2CC2)CCN1.FC(F)(F)c1cccc(S)c1. The van der Waals surface area contributed by atoms with Crippen molar-refractivity contribution in [2.24, 2.45) is 0 Å². The number of hydrogen-bond donors (Lipinski definition) is 3. The first-order valence-corrected chi connectivity index (χ1v) is 7.73. The highest BCUT2D eigenvalue weighted by Gasteiger charge is 2.30. The Balaban J connectivity index is 0.000000154. The summed E-state index contributed by atoms with van der Waals surface area (Å²) in [5.41, 5.74) is -0.662. The van der Waals surface area contributed by atoms with E-state index < -0.39 is 11.7 Å². The summed E-state index contributed by atoms with van der Waals surface area (Å²) in [5.74, 6) is 0. The summed E-state index contributed by atoms with van der Waals surface area (Å²) >= 11 is 3.79. The molecule has 2 aliphatic rings. The molecule has 1 saturated carbocycles. The molecular formula is C15H21F3N2S. The van der Waals surface area contributed by atoms with Gasteiger partial charge in [-0.2, -0.15) is 13.2 Å².